The molecule has 7 heteroatoms. The number of likely N-dealkylation sites (tertiary alicyclic amines) is 1. The number of halogens is 3. The van der Waals surface area contributed by atoms with Crippen molar-refractivity contribution in [3.05, 3.63) is 35.4 Å². The normalized spacial score (nSPS) is 16.3. The Labute approximate surface area is 139 Å². The van der Waals surface area contributed by atoms with Crippen molar-refractivity contribution in [2.24, 2.45) is 5.92 Å². The van der Waals surface area contributed by atoms with E-state index in [0.717, 1.165) is 12.1 Å². The molecule has 1 aromatic rings. The van der Waals surface area contributed by atoms with Gasteiger partial charge >= 0.3 is 6.18 Å². The van der Waals surface area contributed by atoms with Crippen LogP contribution < -0.4 is 5.32 Å². The van der Waals surface area contributed by atoms with Crippen molar-refractivity contribution in [3.8, 4) is 0 Å². The molecule has 2 amide bonds. The van der Waals surface area contributed by atoms with E-state index in [4.69, 9.17) is 0 Å². The zero-order valence-corrected chi connectivity index (χ0v) is 13.7. The van der Waals surface area contributed by atoms with Crippen LogP contribution in [0.2, 0.25) is 0 Å². The second-order valence-electron chi connectivity index (χ2n) is 6.30. The summed E-state index contributed by atoms with van der Waals surface area (Å²) in [4.78, 5) is 25.6. The van der Waals surface area contributed by atoms with Crippen LogP contribution in [0.5, 0.6) is 0 Å². The van der Waals surface area contributed by atoms with Crippen LogP contribution in [0, 0.1) is 5.92 Å². The van der Waals surface area contributed by atoms with Crippen LogP contribution in [0.15, 0.2) is 24.3 Å². The summed E-state index contributed by atoms with van der Waals surface area (Å²) in [6.07, 6.45) is -3.12. The maximum atomic E-state index is 12.5. The first kappa shape index (κ1) is 18.3. The number of hydrogen-bond donors (Lipinski definition) is 1. The number of carbonyl (C=O) groups excluding carboxylic acids is 2. The standard InChI is InChI=1S/C17H21F3N2O2/c1-11(2)15(23)21-14-7-9-22(10-8-14)16(24)12-3-5-13(6-4-12)17(18,19)20/h3-6,11,14H,7-10H2,1-2H3,(H,21,23). The molecule has 1 aliphatic heterocycles. The fourth-order valence-electron chi connectivity index (χ4n) is 2.58. The first-order valence-corrected chi connectivity index (χ1v) is 7.95. The summed E-state index contributed by atoms with van der Waals surface area (Å²) in [6, 6.07) is 4.29. The Hall–Kier alpha value is -2.05. The number of hydrogen-bond acceptors (Lipinski definition) is 2. The van der Waals surface area contributed by atoms with Gasteiger partial charge in [-0.3, -0.25) is 9.59 Å². The van der Waals surface area contributed by atoms with Crippen LogP contribution in [0.1, 0.15) is 42.6 Å². The molecule has 132 valence electrons. The third kappa shape index (κ3) is 4.49. The van der Waals surface area contributed by atoms with Crippen LogP contribution >= 0.6 is 0 Å². The van der Waals surface area contributed by atoms with Gasteiger partial charge < -0.3 is 10.2 Å². The van der Waals surface area contributed by atoms with Gasteiger partial charge in [0.05, 0.1) is 5.56 Å². The number of nitrogens with zero attached hydrogens (tertiary/aromatic N) is 1. The first-order valence-electron chi connectivity index (χ1n) is 7.95. The quantitative estimate of drug-likeness (QED) is 0.918. The molecule has 0 aromatic heterocycles. The molecule has 1 N–H and O–H groups in total. The lowest BCUT2D eigenvalue weighted by Gasteiger charge is -2.32. The molecule has 0 aliphatic carbocycles. The fraction of sp³-hybridized carbons (Fsp3) is 0.529. The molecule has 0 bridgehead atoms. The molecule has 0 saturated carbocycles. The summed E-state index contributed by atoms with van der Waals surface area (Å²) in [7, 11) is 0. The fourth-order valence-corrected chi connectivity index (χ4v) is 2.58. The van der Waals surface area contributed by atoms with Gasteiger partial charge in [0.15, 0.2) is 0 Å². The number of rotatable bonds is 3. The average molecular weight is 342 g/mol. The van der Waals surface area contributed by atoms with Crippen molar-refractivity contribution in [2.75, 3.05) is 13.1 Å². The Balaban J connectivity index is 1.92. The van der Waals surface area contributed by atoms with E-state index in [1.165, 1.54) is 12.1 Å². The number of piperidine rings is 1. The maximum absolute atomic E-state index is 12.5. The molecule has 0 radical (unpaired) electrons. The van der Waals surface area contributed by atoms with Gasteiger partial charge in [-0.1, -0.05) is 13.8 Å². The first-order chi connectivity index (χ1) is 11.2. The van der Waals surface area contributed by atoms with Crippen LogP contribution in [-0.2, 0) is 11.0 Å². The SMILES string of the molecule is CC(C)C(=O)NC1CCN(C(=O)c2ccc(C(F)(F)F)cc2)CC1. The van der Waals surface area contributed by atoms with Gasteiger partial charge in [-0.2, -0.15) is 13.2 Å². The molecular formula is C17H21F3N2O2. The number of alkyl halides is 3. The van der Waals surface area contributed by atoms with Crippen molar-refractivity contribution in [1.29, 1.82) is 0 Å². The van der Waals surface area contributed by atoms with Gasteiger partial charge in [0, 0.05) is 30.6 Å². The maximum Gasteiger partial charge on any atom is 0.416 e. The second kappa shape index (κ2) is 7.23. The molecule has 0 spiro atoms. The van der Waals surface area contributed by atoms with E-state index in [2.05, 4.69) is 5.32 Å². The summed E-state index contributed by atoms with van der Waals surface area (Å²) in [5.74, 6) is -0.378. The van der Waals surface area contributed by atoms with Gasteiger partial charge in [0.1, 0.15) is 0 Å². The highest BCUT2D eigenvalue weighted by molar-refractivity contribution is 5.94. The third-order valence-electron chi connectivity index (χ3n) is 4.11. The Morgan fingerprint density at radius 2 is 1.67 bits per heavy atom. The third-order valence-corrected chi connectivity index (χ3v) is 4.11. The van der Waals surface area contributed by atoms with E-state index in [0.29, 0.717) is 25.9 Å². The molecule has 2 rings (SSSR count). The van der Waals surface area contributed by atoms with E-state index in [1.54, 1.807) is 4.90 Å². The Kier molecular flexibility index (Phi) is 5.51. The second-order valence-corrected chi connectivity index (χ2v) is 6.30. The zero-order valence-electron chi connectivity index (χ0n) is 13.7. The molecule has 24 heavy (non-hydrogen) atoms. The van der Waals surface area contributed by atoms with E-state index >= 15 is 0 Å². The van der Waals surface area contributed by atoms with Crippen molar-refractivity contribution in [3.63, 3.8) is 0 Å². The topological polar surface area (TPSA) is 49.4 Å². The van der Waals surface area contributed by atoms with Crippen molar-refractivity contribution < 1.29 is 22.8 Å². The highest BCUT2D eigenvalue weighted by Gasteiger charge is 2.31. The summed E-state index contributed by atoms with van der Waals surface area (Å²) in [6.45, 7) is 4.59. The Morgan fingerprint density at radius 1 is 1.12 bits per heavy atom. The number of amides is 2. The minimum Gasteiger partial charge on any atom is -0.353 e. The Bertz CT molecular complexity index is 589. The van der Waals surface area contributed by atoms with Crippen LogP contribution in [0.25, 0.3) is 0 Å². The molecular weight excluding hydrogens is 321 g/mol. The average Bonchev–Trinajstić information content (AvgIpc) is 2.54. The van der Waals surface area contributed by atoms with E-state index in [1.807, 2.05) is 13.8 Å². The van der Waals surface area contributed by atoms with E-state index in [-0.39, 0.29) is 29.3 Å². The molecule has 1 fully saturated rings. The molecule has 1 aromatic carbocycles. The van der Waals surface area contributed by atoms with Crippen molar-refractivity contribution >= 4 is 11.8 Å². The molecule has 0 unspecified atom stereocenters. The molecule has 1 saturated heterocycles. The van der Waals surface area contributed by atoms with Gasteiger partial charge in [-0.05, 0) is 37.1 Å². The largest absolute Gasteiger partial charge is 0.416 e. The minimum absolute atomic E-state index is 0.0116. The lowest BCUT2D eigenvalue weighted by atomic mass is 10.0. The highest BCUT2D eigenvalue weighted by atomic mass is 19.4. The smallest absolute Gasteiger partial charge is 0.353 e. The van der Waals surface area contributed by atoms with E-state index in [9.17, 15) is 22.8 Å². The van der Waals surface area contributed by atoms with Crippen molar-refractivity contribution in [1.82, 2.24) is 10.2 Å². The van der Waals surface area contributed by atoms with Gasteiger partial charge in [0.25, 0.3) is 5.91 Å². The van der Waals surface area contributed by atoms with Gasteiger partial charge in [-0.25, -0.2) is 0 Å². The molecule has 4 nitrogen and oxygen atoms in total. The minimum atomic E-state index is -4.41. The highest BCUT2D eigenvalue weighted by Crippen LogP contribution is 2.29. The lowest BCUT2D eigenvalue weighted by molar-refractivity contribution is -0.137. The molecule has 1 heterocycles. The monoisotopic (exact) mass is 342 g/mol. The Morgan fingerprint density at radius 3 is 2.12 bits per heavy atom. The molecule has 1 aliphatic rings. The summed E-state index contributed by atoms with van der Waals surface area (Å²) >= 11 is 0. The van der Waals surface area contributed by atoms with Crippen molar-refractivity contribution in [2.45, 2.75) is 38.9 Å². The number of carbonyl (C=O) groups is 2. The van der Waals surface area contributed by atoms with Crippen LogP contribution in [0.3, 0.4) is 0 Å². The summed E-state index contributed by atoms with van der Waals surface area (Å²) < 4.78 is 37.6. The number of benzene rings is 1. The van der Waals surface area contributed by atoms with Crippen LogP contribution in [0.4, 0.5) is 13.2 Å². The molecule has 0 atom stereocenters. The zero-order chi connectivity index (χ0) is 17.9. The van der Waals surface area contributed by atoms with Gasteiger partial charge in [-0.15, -0.1) is 0 Å². The predicted molar refractivity (Wildman–Crippen MR) is 83.4 cm³/mol. The van der Waals surface area contributed by atoms with E-state index < -0.39 is 11.7 Å². The summed E-state index contributed by atoms with van der Waals surface area (Å²) in [5, 5.41) is 2.94. The number of nitrogens with one attached hydrogen (secondary N) is 1. The lowest BCUT2D eigenvalue weighted by Crippen LogP contribution is -2.47. The van der Waals surface area contributed by atoms with Crippen LogP contribution in [-0.4, -0.2) is 35.8 Å². The van der Waals surface area contributed by atoms with Gasteiger partial charge in [0.2, 0.25) is 5.91 Å². The predicted octanol–water partition coefficient (Wildman–Crippen LogP) is 3.08. The summed E-state index contributed by atoms with van der Waals surface area (Å²) in [5.41, 5.74) is -0.526.